The van der Waals surface area contributed by atoms with Gasteiger partial charge in [0.2, 0.25) is 5.95 Å². The maximum atomic E-state index is 12.5. The fourth-order valence-corrected chi connectivity index (χ4v) is 1.09. The molecule has 0 bridgehead atoms. The van der Waals surface area contributed by atoms with Crippen LogP contribution in [-0.4, -0.2) is 19.6 Å². The van der Waals surface area contributed by atoms with Gasteiger partial charge in [-0.15, -0.1) is 21.8 Å². The summed E-state index contributed by atoms with van der Waals surface area (Å²) in [7, 11) is 0. The second kappa shape index (κ2) is 2.67. The van der Waals surface area contributed by atoms with Crippen LogP contribution < -0.4 is 0 Å². The van der Waals surface area contributed by atoms with Crippen molar-refractivity contribution in [3.63, 3.8) is 0 Å². The van der Waals surface area contributed by atoms with Gasteiger partial charge in [0.15, 0.2) is 5.82 Å². The number of alkyl halides is 1. The number of nitrogens with zero attached hydrogens (tertiary/aromatic N) is 4. The van der Waals surface area contributed by atoms with Crippen molar-refractivity contribution in [3.05, 3.63) is 24.0 Å². The minimum Gasteiger partial charge on any atom is -0.269 e. The van der Waals surface area contributed by atoms with Crippen LogP contribution >= 0.6 is 11.6 Å². The van der Waals surface area contributed by atoms with Crippen LogP contribution in [0.1, 0.15) is 5.82 Å². The molecule has 0 aliphatic rings. The Morgan fingerprint density at radius 2 is 2.33 bits per heavy atom. The van der Waals surface area contributed by atoms with Gasteiger partial charge in [-0.1, -0.05) is 0 Å². The number of halogens is 2. The first-order chi connectivity index (χ1) is 5.81. The number of hydrogen-bond acceptors (Lipinski definition) is 3. The lowest BCUT2D eigenvalue weighted by Crippen LogP contribution is -1.94. The molecule has 0 aromatic carbocycles. The first kappa shape index (κ1) is 7.42. The smallest absolute Gasteiger partial charge is 0.257 e. The summed E-state index contributed by atoms with van der Waals surface area (Å²) in [5, 5.41) is 7.33. The van der Waals surface area contributed by atoms with Crippen LogP contribution in [0.3, 0.4) is 0 Å². The molecule has 0 saturated carbocycles. The van der Waals surface area contributed by atoms with Crippen molar-refractivity contribution in [1.82, 2.24) is 19.6 Å². The first-order valence-electron chi connectivity index (χ1n) is 3.23. The lowest BCUT2D eigenvalue weighted by molar-refractivity contribution is 0.582. The van der Waals surface area contributed by atoms with E-state index in [1.807, 2.05) is 0 Å². The Balaban J connectivity index is 2.73. The Bertz CT molecular complexity index is 413. The van der Waals surface area contributed by atoms with Crippen molar-refractivity contribution in [2.75, 3.05) is 0 Å². The van der Waals surface area contributed by atoms with Crippen molar-refractivity contribution < 1.29 is 4.39 Å². The molecule has 0 radical (unpaired) electrons. The molecule has 12 heavy (non-hydrogen) atoms. The summed E-state index contributed by atoms with van der Waals surface area (Å²) in [5.74, 6) is 0.440. The third-order valence-corrected chi connectivity index (χ3v) is 1.67. The van der Waals surface area contributed by atoms with Gasteiger partial charge in [0.1, 0.15) is 0 Å². The average molecular weight is 187 g/mol. The highest BCUT2D eigenvalue weighted by Crippen LogP contribution is 2.03. The highest BCUT2D eigenvalue weighted by Gasteiger charge is 2.04. The van der Waals surface area contributed by atoms with Gasteiger partial charge in [-0.05, 0) is 0 Å². The Hall–Kier alpha value is -1.23. The van der Waals surface area contributed by atoms with Crippen molar-refractivity contribution in [2.24, 2.45) is 0 Å². The summed E-state index contributed by atoms with van der Waals surface area (Å²) in [5.41, 5.74) is 0. The van der Waals surface area contributed by atoms with E-state index in [1.165, 1.54) is 16.7 Å². The van der Waals surface area contributed by atoms with E-state index in [-0.39, 0.29) is 11.7 Å². The van der Waals surface area contributed by atoms with Crippen LogP contribution in [0, 0.1) is 5.95 Å². The van der Waals surface area contributed by atoms with Crippen molar-refractivity contribution in [1.29, 1.82) is 0 Å². The van der Waals surface area contributed by atoms with Crippen LogP contribution in [0.4, 0.5) is 4.39 Å². The second-order valence-electron chi connectivity index (χ2n) is 2.17. The van der Waals surface area contributed by atoms with Crippen LogP contribution in [-0.2, 0) is 5.88 Å². The van der Waals surface area contributed by atoms with E-state index in [9.17, 15) is 4.39 Å². The van der Waals surface area contributed by atoms with Crippen molar-refractivity contribution >= 4 is 17.4 Å². The summed E-state index contributed by atoms with van der Waals surface area (Å²) >= 11 is 5.54. The van der Waals surface area contributed by atoms with E-state index in [0.717, 1.165) is 0 Å². The molecule has 0 aliphatic carbocycles. The van der Waals surface area contributed by atoms with Gasteiger partial charge in [0.25, 0.3) is 5.78 Å². The van der Waals surface area contributed by atoms with Gasteiger partial charge >= 0.3 is 0 Å². The largest absolute Gasteiger partial charge is 0.269 e. The molecule has 0 atom stereocenters. The van der Waals surface area contributed by atoms with E-state index >= 15 is 0 Å². The Labute approximate surface area is 72.0 Å². The zero-order valence-electron chi connectivity index (χ0n) is 5.91. The Kier molecular flexibility index (Phi) is 1.65. The Morgan fingerprint density at radius 3 is 3.08 bits per heavy atom. The summed E-state index contributed by atoms with van der Waals surface area (Å²) in [6, 6.07) is 1.23. The van der Waals surface area contributed by atoms with Gasteiger partial charge in [-0.2, -0.15) is 9.37 Å². The van der Waals surface area contributed by atoms with Crippen LogP contribution in [0.2, 0.25) is 0 Å². The van der Waals surface area contributed by atoms with Gasteiger partial charge < -0.3 is 0 Å². The Morgan fingerprint density at radius 1 is 1.50 bits per heavy atom. The molecule has 0 saturated heterocycles. The molecule has 0 N–H and O–H groups in total. The highest BCUT2D eigenvalue weighted by molar-refractivity contribution is 6.16. The molecular formula is C6H4ClFN4. The summed E-state index contributed by atoms with van der Waals surface area (Å²) in [6.07, 6.45) is 1.50. The predicted molar refractivity (Wildman–Crippen MR) is 40.3 cm³/mol. The topological polar surface area (TPSA) is 43.1 Å². The van der Waals surface area contributed by atoms with E-state index in [1.54, 1.807) is 0 Å². The van der Waals surface area contributed by atoms with Crippen molar-refractivity contribution in [3.8, 4) is 0 Å². The molecule has 0 amide bonds. The molecule has 2 aromatic heterocycles. The number of rotatable bonds is 1. The third kappa shape index (κ3) is 1.02. The van der Waals surface area contributed by atoms with Gasteiger partial charge in [0.05, 0.1) is 5.88 Å². The quantitative estimate of drug-likeness (QED) is 0.493. The van der Waals surface area contributed by atoms with E-state index in [0.29, 0.717) is 5.82 Å². The van der Waals surface area contributed by atoms with E-state index in [2.05, 4.69) is 15.2 Å². The fraction of sp³-hybridized carbons (Fsp3) is 0.167. The molecular weight excluding hydrogens is 183 g/mol. The summed E-state index contributed by atoms with van der Waals surface area (Å²) in [4.78, 5) is 3.51. The van der Waals surface area contributed by atoms with E-state index < -0.39 is 5.95 Å². The third-order valence-electron chi connectivity index (χ3n) is 1.44. The highest BCUT2D eigenvalue weighted by atomic mass is 35.5. The van der Waals surface area contributed by atoms with Crippen molar-refractivity contribution in [2.45, 2.75) is 5.88 Å². The molecule has 2 rings (SSSR count). The number of hydrogen-bond donors (Lipinski definition) is 0. The first-order valence-corrected chi connectivity index (χ1v) is 3.77. The van der Waals surface area contributed by atoms with Crippen LogP contribution in [0.25, 0.3) is 5.78 Å². The minimum atomic E-state index is -0.573. The molecule has 2 aromatic rings. The van der Waals surface area contributed by atoms with Gasteiger partial charge in [0, 0.05) is 12.3 Å². The fourth-order valence-electron chi connectivity index (χ4n) is 0.903. The maximum Gasteiger partial charge on any atom is 0.257 e. The molecule has 62 valence electrons. The molecule has 0 fully saturated rings. The average Bonchev–Trinajstić information content (AvgIpc) is 2.46. The molecule has 0 unspecified atom stereocenters. The standard InChI is InChI=1S/C6H4ClFN4/c7-3-5-10-11-6-9-4(8)1-2-12(5)6/h1-2H,3H2. The summed E-state index contributed by atoms with van der Waals surface area (Å²) < 4.78 is 14.1. The monoisotopic (exact) mass is 186 g/mol. The SMILES string of the molecule is Fc1ccn2c(CCl)nnc2n1. The zero-order chi connectivity index (χ0) is 8.55. The second-order valence-corrected chi connectivity index (χ2v) is 2.44. The van der Waals surface area contributed by atoms with E-state index in [4.69, 9.17) is 11.6 Å². The lowest BCUT2D eigenvalue weighted by Gasteiger charge is -1.92. The molecule has 4 nitrogen and oxygen atoms in total. The number of aromatic nitrogens is 4. The zero-order valence-corrected chi connectivity index (χ0v) is 6.66. The minimum absolute atomic E-state index is 0.227. The normalized spacial score (nSPS) is 10.8. The lowest BCUT2D eigenvalue weighted by atomic mass is 10.6. The summed E-state index contributed by atoms with van der Waals surface area (Å²) in [6.45, 7) is 0. The maximum absolute atomic E-state index is 12.5. The van der Waals surface area contributed by atoms with Gasteiger partial charge in [-0.3, -0.25) is 4.40 Å². The van der Waals surface area contributed by atoms with Gasteiger partial charge in [-0.25, -0.2) is 0 Å². The van der Waals surface area contributed by atoms with Crippen LogP contribution in [0.15, 0.2) is 12.3 Å². The molecule has 0 spiro atoms. The molecule has 2 heterocycles. The molecule has 6 heteroatoms. The molecule has 0 aliphatic heterocycles. The van der Waals surface area contributed by atoms with Crippen LogP contribution in [0.5, 0.6) is 0 Å². The number of fused-ring (bicyclic) bond motifs is 1. The predicted octanol–water partition coefficient (Wildman–Crippen LogP) is 1.00.